The lowest BCUT2D eigenvalue weighted by atomic mass is 10.5. The molecule has 1 rings (SSSR count). The molecule has 0 aliphatic rings. The van der Waals surface area contributed by atoms with Crippen LogP contribution in [-0.2, 0) is 12.8 Å². The smallest absolute Gasteiger partial charge is 0.391 e. The van der Waals surface area contributed by atoms with Gasteiger partial charge in [-0.2, -0.15) is 16.9 Å². The van der Waals surface area contributed by atoms with Crippen LogP contribution >= 0.6 is 11.8 Å². The van der Waals surface area contributed by atoms with Crippen LogP contribution < -0.4 is 4.74 Å². The Balaban J connectivity index is 2.59. The summed E-state index contributed by atoms with van der Waals surface area (Å²) in [5.74, 6) is 2.45. The fraction of sp³-hybridized carbons (Fsp3) is 0.636. The van der Waals surface area contributed by atoms with Crippen LogP contribution in [0, 0.1) is 0 Å². The van der Waals surface area contributed by atoms with Gasteiger partial charge in [0.05, 0.1) is 5.69 Å². The number of amides is 1. The largest absolute Gasteiger partial charge is 0.416 e. The number of carbonyl (C=O) groups excluding carboxylic acids is 1. The minimum absolute atomic E-state index is 0.388. The van der Waals surface area contributed by atoms with E-state index in [1.807, 2.05) is 17.8 Å². The molecule has 0 unspecified atom stereocenters. The Morgan fingerprint density at radius 3 is 2.88 bits per heavy atom. The molecule has 6 heteroatoms. The van der Waals surface area contributed by atoms with E-state index in [0.29, 0.717) is 5.88 Å². The maximum Gasteiger partial charge on any atom is 0.416 e. The molecule has 0 saturated heterocycles. The maximum absolute atomic E-state index is 11.4. The normalized spacial score (nSPS) is 10.4. The van der Waals surface area contributed by atoms with Crippen LogP contribution in [0.1, 0.15) is 19.0 Å². The van der Waals surface area contributed by atoms with E-state index in [9.17, 15) is 4.79 Å². The van der Waals surface area contributed by atoms with Crippen LogP contribution in [-0.4, -0.2) is 40.6 Å². The predicted octanol–water partition coefficient (Wildman–Crippen LogP) is 2.12. The first-order valence-corrected chi connectivity index (χ1v) is 6.69. The molecule has 96 valence electrons. The third-order valence-corrected chi connectivity index (χ3v) is 3.24. The first-order valence-electron chi connectivity index (χ1n) is 5.54. The fourth-order valence-corrected chi connectivity index (χ4v) is 1.96. The predicted molar refractivity (Wildman–Crippen MR) is 69.4 cm³/mol. The molecule has 0 atom stereocenters. The number of nitrogens with zero attached hydrogens (tertiary/aromatic N) is 3. The van der Waals surface area contributed by atoms with Crippen LogP contribution in [0.3, 0.4) is 0 Å². The summed E-state index contributed by atoms with van der Waals surface area (Å²) in [5.41, 5.74) is 0.938. The highest BCUT2D eigenvalue weighted by atomic mass is 32.2. The molecule has 0 fully saturated rings. The Labute approximate surface area is 106 Å². The Morgan fingerprint density at radius 1 is 1.59 bits per heavy atom. The highest BCUT2D eigenvalue weighted by molar-refractivity contribution is 7.98. The first-order chi connectivity index (χ1) is 8.04. The summed E-state index contributed by atoms with van der Waals surface area (Å²) in [5, 5.41) is 4.29. The molecule has 1 amide bonds. The van der Waals surface area contributed by atoms with Crippen molar-refractivity contribution >= 4 is 17.9 Å². The Bertz CT molecular complexity index is 377. The molecule has 1 aromatic heterocycles. The van der Waals surface area contributed by atoms with Gasteiger partial charge in [0.1, 0.15) is 0 Å². The third kappa shape index (κ3) is 4.30. The van der Waals surface area contributed by atoms with Crippen molar-refractivity contribution in [2.45, 2.75) is 19.1 Å². The highest BCUT2D eigenvalue weighted by Crippen LogP contribution is 2.17. The molecule has 0 aromatic carbocycles. The van der Waals surface area contributed by atoms with Gasteiger partial charge >= 0.3 is 6.09 Å². The number of rotatable bonds is 5. The van der Waals surface area contributed by atoms with Crippen LogP contribution in [0.2, 0.25) is 0 Å². The second-order valence-corrected chi connectivity index (χ2v) is 5.02. The lowest BCUT2D eigenvalue weighted by Gasteiger charge is -2.09. The Morgan fingerprint density at radius 2 is 2.29 bits per heavy atom. The van der Waals surface area contributed by atoms with Crippen molar-refractivity contribution in [2.75, 3.05) is 19.8 Å². The molecule has 0 spiro atoms. The number of aromatic nitrogens is 2. The Kier molecular flexibility index (Phi) is 5.34. The highest BCUT2D eigenvalue weighted by Gasteiger charge is 2.12. The minimum Gasteiger partial charge on any atom is -0.391 e. The second kappa shape index (κ2) is 6.54. The number of hydrogen-bond donors (Lipinski definition) is 0. The maximum atomic E-state index is 11.4. The lowest BCUT2D eigenvalue weighted by Crippen LogP contribution is -2.26. The molecule has 0 aliphatic heterocycles. The summed E-state index contributed by atoms with van der Waals surface area (Å²) in [6, 6.07) is 1.81. The summed E-state index contributed by atoms with van der Waals surface area (Å²) >= 11 is 1.83. The fourth-order valence-electron chi connectivity index (χ4n) is 1.17. The van der Waals surface area contributed by atoms with Crippen LogP contribution in [0.25, 0.3) is 0 Å². The van der Waals surface area contributed by atoms with Gasteiger partial charge in [0.2, 0.25) is 5.88 Å². The van der Waals surface area contributed by atoms with Gasteiger partial charge in [-0.25, -0.2) is 9.48 Å². The summed E-state index contributed by atoms with van der Waals surface area (Å²) < 4.78 is 6.76. The average molecular weight is 257 g/mol. The van der Waals surface area contributed by atoms with Gasteiger partial charge in [-0.3, -0.25) is 0 Å². The van der Waals surface area contributed by atoms with Crippen molar-refractivity contribution < 1.29 is 9.53 Å². The Hall–Kier alpha value is -1.17. The zero-order valence-corrected chi connectivity index (χ0v) is 11.6. The van der Waals surface area contributed by atoms with E-state index < -0.39 is 0 Å². The number of thioether (sulfide) groups is 1. The van der Waals surface area contributed by atoms with E-state index in [-0.39, 0.29) is 6.09 Å². The summed E-state index contributed by atoms with van der Waals surface area (Å²) in [6.07, 6.45) is 0.765. The molecular formula is C11H19N3O2S. The van der Waals surface area contributed by atoms with E-state index in [4.69, 9.17) is 4.74 Å². The zero-order chi connectivity index (χ0) is 12.8. The molecule has 0 aliphatic carbocycles. The van der Waals surface area contributed by atoms with E-state index >= 15 is 0 Å². The summed E-state index contributed by atoms with van der Waals surface area (Å²) in [4.78, 5) is 12.8. The van der Waals surface area contributed by atoms with Crippen LogP contribution in [0.15, 0.2) is 6.07 Å². The minimum atomic E-state index is -0.388. The second-order valence-electron chi connectivity index (χ2n) is 3.91. The van der Waals surface area contributed by atoms with E-state index in [1.165, 1.54) is 4.90 Å². The van der Waals surface area contributed by atoms with Gasteiger partial charge < -0.3 is 9.64 Å². The topological polar surface area (TPSA) is 47.4 Å². The number of carbonyl (C=O) groups is 1. The van der Waals surface area contributed by atoms with Gasteiger partial charge in [0, 0.05) is 33.0 Å². The number of aryl methyl sites for hydroxylation is 1. The third-order valence-electron chi connectivity index (χ3n) is 2.04. The molecule has 0 saturated carbocycles. The van der Waals surface area contributed by atoms with Crippen molar-refractivity contribution in [3.63, 3.8) is 0 Å². The van der Waals surface area contributed by atoms with Gasteiger partial charge in [-0.05, 0) is 12.2 Å². The quantitative estimate of drug-likeness (QED) is 0.758. The van der Waals surface area contributed by atoms with Crippen molar-refractivity contribution in [1.82, 2.24) is 14.7 Å². The molecule has 5 nitrogen and oxygen atoms in total. The number of ether oxygens (including phenoxy) is 1. The number of hydrogen-bond acceptors (Lipinski definition) is 4. The molecule has 0 N–H and O–H groups in total. The van der Waals surface area contributed by atoms with E-state index in [2.05, 4.69) is 12.0 Å². The average Bonchev–Trinajstić information content (AvgIpc) is 2.60. The van der Waals surface area contributed by atoms with Gasteiger partial charge in [0.25, 0.3) is 0 Å². The molecule has 0 radical (unpaired) electrons. The van der Waals surface area contributed by atoms with Crippen LogP contribution in [0.4, 0.5) is 4.79 Å². The molecule has 0 bridgehead atoms. The van der Waals surface area contributed by atoms with Gasteiger partial charge in [0.15, 0.2) is 0 Å². The summed E-state index contributed by atoms with van der Waals surface area (Å²) in [7, 11) is 5.07. The van der Waals surface area contributed by atoms with Gasteiger partial charge in [-0.15, -0.1) is 0 Å². The monoisotopic (exact) mass is 257 g/mol. The standard InChI is InChI=1S/C11H19N3O2S/c1-5-6-17-8-9-7-10(14(4)12-9)16-11(15)13(2)3/h7H,5-6,8H2,1-4H3. The van der Waals surface area contributed by atoms with Crippen LogP contribution in [0.5, 0.6) is 5.88 Å². The first kappa shape index (κ1) is 13.9. The summed E-state index contributed by atoms with van der Waals surface area (Å²) in [6.45, 7) is 2.15. The van der Waals surface area contributed by atoms with Crippen molar-refractivity contribution in [3.05, 3.63) is 11.8 Å². The lowest BCUT2D eigenvalue weighted by molar-refractivity contribution is 0.168. The molecule has 1 aromatic rings. The molecular weight excluding hydrogens is 238 g/mol. The molecule has 1 heterocycles. The van der Waals surface area contributed by atoms with E-state index in [1.54, 1.807) is 25.8 Å². The van der Waals surface area contributed by atoms with E-state index in [0.717, 1.165) is 23.6 Å². The molecule has 17 heavy (non-hydrogen) atoms. The zero-order valence-electron chi connectivity index (χ0n) is 10.8. The van der Waals surface area contributed by atoms with Crippen molar-refractivity contribution in [1.29, 1.82) is 0 Å². The SMILES string of the molecule is CCCSCc1cc(OC(=O)N(C)C)n(C)n1. The van der Waals surface area contributed by atoms with Crippen molar-refractivity contribution in [2.24, 2.45) is 7.05 Å². The van der Waals surface area contributed by atoms with Crippen molar-refractivity contribution in [3.8, 4) is 5.88 Å². The van der Waals surface area contributed by atoms with Gasteiger partial charge in [-0.1, -0.05) is 6.92 Å².